The van der Waals surface area contributed by atoms with Gasteiger partial charge in [-0.15, -0.1) is 0 Å². The molecule has 0 amide bonds. The van der Waals surface area contributed by atoms with E-state index in [2.05, 4.69) is 4.74 Å². The Balaban J connectivity index is 4.43. The molecule has 0 aromatic carbocycles. The maximum absolute atomic E-state index is 12.2. The summed E-state index contributed by atoms with van der Waals surface area (Å²) in [7, 11) is 0. The van der Waals surface area contributed by atoms with Gasteiger partial charge in [0.15, 0.2) is 0 Å². The highest BCUT2D eigenvalue weighted by Gasteiger charge is 2.44. The van der Waals surface area contributed by atoms with Gasteiger partial charge in [-0.1, -0.05) is 0 Å². The van der Waals surface area contributed by atoms with E-state index in [1.165, 1.54) is 0 Å². The average Bonchev–Trinajstić information content (AvgIpc) is 1.78. The molecule has 0 aliphatic heterocycles. The maximum Gasteiger partial charge on any atom is 0.406 e. The molecular weight excluding hydrogens is 336 g/mol. The van der Waals surface area contributed by atoms with E-state index in [1.54, 1.807) is 0 Å². The van der Waals surface area contributed by atoms with Gasteiger partial charge in [-0.2, -0.15) is 30.7 Å². The second-order valence-corrected chi connectivity index (χ2v) is 3.64. The number of alkyl halides is 5. The highest BCUT2D eigenvalue weighted by molar-refractivity contribution is 14.1. The Labute approximate surface area is 87.0 Å². The first-order valence-corrected chi connectivity index (χ1v) is 3.96. The Kier molecular flexibility index (Phi) is 4.46. The summed E-state index contributed by atoms with van der Waals surface area (Å²) in [5.74, 6) is 0. The molecule has 0 spiro atoms. The third-order valence-electron chi connectivity index (χ3n) is 0.794. The van der Waals surface area contributed by atoms with Crippen LogP contribution in [0, 0.1) is 0 Å². The van der Waals surface area contributed by atoms with Crippen LogP contribution in [0.4, 0.5) is 30.7 Å². The molecule has 0 saturated heterocycles. The molecule has 1 nitrogen and oxygen atoms in total. The first kappa shape index (κ1) is 13.8. The molecule has 0 aliphatic carbocycles. The van der Waals surface area contributed by atoms with Gasteiger partial charge < -0.3 is 4.74 Å². The number of halogens is 8. The number of hydrogen-bond acceptors (Lipinski definition) is 1. The fraction of sp³-hybridized carbons (Fsp3) is 0.600. The minimum atomic E-state index is -4.68. The largest absolute Gasteiger partial charge is 0.406 e. The van der Waals surface area contributed by atoms with E-state index in [0.717, 1.165) is 0 Å². The molecule has 0 saturated carbocycles. The zero-order valence-corrected chi connectivity index (χ0v) is 8.30. The molecule has 14 heavy (non-hydrogen) atoms. The second kappa shape index (κ2) is 4.53. The second-order valence-electron chi connectivity index (χ2n) is 2.07. The first-order chi connectivity index (χ1) is 6.03. The van der Waals surface area contributed by atoms with Crippen molar-refractivity contribution in [3.05, 3.63) is 12.1 Å². The molecule has 0 aromatic rings. The van der Waals surface area contributed by atoms with Crippen molar-refractivity contribution < 1.29 is 35.5 Å². The van der Waals surface area contributed by atoms with Gasteiger partial charge >= 0.3 is 22.1 Å². The van der Waals surface area contributed by atoms with Gasteiger partial charge in [-0.3, -0.25) is 0 Å². The summed E-state index contributed by atoms with van der Waals surface area (Å²) in [6, 6.07) is -2.87. The van der Waals surface area contributed by atoms with E-state index in [1.807, 2.05) is 0 Å². The molecule has 0 aromatic heterocycles. The highest BCUT2D eigenvalue weighted by Crippen LogP contribution is 2.37. The lowest BCUT2D eigenvalue weighted by Gasteiger charge is -2.18. The summed E-state index contributed by atoms with van der Waals surface area (Å²) >= 11 is 0.347. The summed E-state index contributed by atoms with van der Waals surface area (Å²) < 4.78 is 81.5. The smallest absolute Gasteiger partial charge is 0.402 e. The lowest BCUT2D eigenvalue weighted by atomic mass is 10.4. The van der Waals surface area contributed by atoms with Crippen LogP contribution in [0.1, 0.15) is 6.42 Å². The van der Waals surface area contributed by atoms with E-state index in [-0.39, 0.29) is 0 Å². The minimum Gasteiger partial charge on any atom is -0.402 e. The van der Waals surface area contributed by atoms with Crippen LogP contribution in [0.5, 0.6) is 0 Å². The Morgan fingerprint density at radius 1 is 1.07 bits per heavy atom. The van der Waals surface area contributed by atoms with Gasteiger partial charge in [0, 0.05) is 0 Å². The molecule has 0 rings (SSSR count). The Morgan fingerprint density at radius 2 is 1.50 bits per heavy atom. The number of hydrogen-bond donors (Lipinski definition) is 0. The van der Waals surface area contributed by atoms with Crippen molar-refractivity contribution in [1.29, 1.82) is 0 Å². The first-order valence-electron chi connectivity index (χ1n) is 2.88. The van der Waals surface area contributed by atoms with Crippen LogP contribution in [0.25, 0.3) is 0 Å². The fourth-order valence-corrected chi connectivity index (χ4v) is 0.883. The quantitative estimate of drug-likeness (QED) is 0.325. The lowest BCUT2D eigenvalue weighted by Crippen LogP contribution is -2.27. The Morgan fingerprint density at radius 3 is 1.79 bits per heavy atom. The van der Waals surface area contributed by atoms with Crippen molar-refractivity contribution >= 4 is 22.6 Å². The van der Waals surface area contributed by atoms with E-state index >= 15 is 0 Å². The van der Waals surface area contributed by atoms with Crippen molar-refractivity contribution in [3.8, 4) is 0 Å². The van der Waals surface area contributed by atoms with Crippen LogP contribution in [-0.4, -0.2) is 10.0 Å². The van der Waals surface area contributed by atoms with Gasteiger partial charge in [0.25, 0.3) is 0 Å². The molecule has 0 atom stereocenters. The van der Waals surface area contributed by atoms with Gasteiger partial charge in [0.2, 0.25) is 0 Å². The minimum absolute atomic E-state index is 0.347. The average molecular weight is 338 g/mol. The lowest BCUT2D eigenvalue weighted by molar-refractivity contribution is -0.248. The van der Waals surface area contributed by atoms with Crippen molar-refractivity contribution in [2.45, 2.75) is 16.5 Å². The van der Waals surface area contributed by atoms with E-state index in [9.17, 15) is 30.7 Å². The highest BCUT2D eigenvalue weighted by atomic mass is 127. The van der Waals surface area contributed by atoms with Gasteiger partial charge in [0.05, 0.1) is 0 Å². The van der Waals surface area contributed by atoms with Crippen LogP contribution in [0.15, 0.2) is 12.1 Å². The molecule has 84 valence electrons. The summed E-state index contributed by atoms with van der Waals surface area (Å²) in [5, 5.41) is 0. The molecule has 0 radical (unpaired) electrons. The van der Waals surface area contributed by atoms with Gasteiger partial charge in [-0.05, 0) is 22.6 Å². The number of rotatable bonds is 4. The SMILES string of the molecule is FC(F)=C(F)OC(F)(F)CC(F)(F)I. The van der Waals surface area contributed by atoms with Crippen LogP contribution in [-0.2, 0) is 4.74 Å². The Hall–Kier alpha value is -0.220. The normalized spacial score (nSPS) is 12.6. The molecule has 0 N–H and O–H groups in total. The van der Waals surface area contributed by atoms with E-state index in [0.29, 0.717) is 22.6 Å². The van der Waals surface area contributed by atoms with Crippen LogP contribution >= 0.6 is 22.6 Å². The van der Waals surface area contributed by atoms with Crippen LogP contribution in [0.2, 0.25) is 0 Å². The van der Waals surface area contributed by atoms with Crippen molar-refractivity contribution in [1.82, 2.24) is 0 Å². The van der Waals surface area contributed by atoms with E-state index < -0.39 is 28.6 Å². The molecule has 0 bridgehead atoms. The molecular formula is C5H2F7IO. The molecule has 0 heterocycles. The third-order valence-corrected chi connectivity index (χ3v) is 1.18. The molecule has 0 fully saturated rings. The standard InChI is InChI=1S/C5H2F7IO/c6-2(7)3(8)14-5(11,12)1-4(9,10)13/h1H2. The fourth-order valence-electron chi connectivity index (χ4n) is 0.439. The number of ether oxygens (including phenoxy) is 1. The monoisotopic (exact) mass is 338 g/mol. The third kappa shape index (κ3) is 6.27. The van der Waals surface area contributed by atoms with Crippen molar-refractivity contribution in [2.24, 2.45) is 0 Å². The van der Waals surface area contributed by atoms with Crippen LogP contribution in [0.3, 0.4) is 0 Å². The molecule has 0 unspecified atom stereocenters. The maximum atomic E-state index is 12.2. The molecule has 0 aliphatic rings. The Bertz CT molecular complexity index is 229. The van der Waals surface area contributed by atoms with Crippen molar-refractivity contribution in [2.75, 3.05) is 0 Å². The summed E-state index contributed by atoms with van der Waals surface area (Å²) in [4.78, 5) is 0. The van der Waals surface area contributed by atoms with Gasteiger partial charge in [-0.25, -0.2) is 0 Å². The summed E-state index contributed by atoms with van der Waals surface area (Å²) in [5.41, 5.74) is 0. The predicted molar refractivity (Wildman–Crippen MR) is 40.0 cm³/mol. The van der Waals surface area contributed by atoms with Crippen molar-refractivity contribution in [3.63, 3.8) is 0 Å². The summed E-state index contributed by atoms with van der Waals surface area (Å²) in [6.45, 7) is 0. The zero-order valence-electron chi connectivity index (χ0n) is 6.14. The zero-order chi connectivity index (χ0) is 11.6. The van der Waals surface area contributed by atoms with E-state index in [4.69, 9.17) is 0 Å². The van der Waals surface area contributed by atoms with Gasteiger partial charge in [0.1, 0.15) is 6.42 Å². The molecule has 9 heteroatoms. The van der Waals surface area contributed by atoms with Crippen LogP contribution < -0.4 is 0 Å². The topological polar surface area (TPSA) is 9.23 Å². The predicted octanol–water partition coefficient (Wildman–Crippen LogP) is 4.05. The summed E-state index contributed by atoms with van der Waals surface area (Å²) in [6.07, 6.45) is -10.0.